The number of nitrogens with zero attached hydrogens (tertiary/aromatic N) is 1. The highest BCUT2D eigenvalue weighted by molar-refractivity contribution is 7.98. The van der Waals surface area contributed by atoms with Crippen LogP contribution in [0.15, 0.2) is 30.3 Å². The molecule has 1 aromatic rings. The first-order chi connectivity index (χ1) is 10.1. The molecule has 1 heterocycles. The van der Waals surface area contributed by atoms with Gasteiger partial charge in [-0.2, -0.15) is 11.8 Å². The van der Waals surface area contributed by atoms with Crippen LogP contribution in [0.3, 0.4) is 0 Å². The molecule has 116 valence electrons. The van der Waals surface area contributed by atoms with Crippen LogP contribution in [0.2, 0.25) is 0 Å². The van der Waals surface area contributed by atoms with Crippen molar-refractivity contribution in [3.63, 3.8) is 0 Å². The van der Waals surface area contributed by atoms with E-state index in [9.17, 15) is 4.79 Å². The van der Waals surface area contributed by atoms with Crippen molar-refractivity contribution < 1.29 is 4.79 Å². The van der Waals surface area contributed by atoms with Crippen LogP contribution in [0, 0.1) is 0 Å². The molecule has 21 heavy (non-hydrogen) atoms. The third kappa shape index (κ3) is 3.43. The summed E-state index contributed by atoms with van der Waals surface area (Å²) in [6.45, 7) is 3.95. The Morgan fingerprint density at radius 2 is 1.95 bits per heavy atom. The Kier molecular flexibility index (Phi) is 5.71. The van der Waals surface area contributed by atoms with Crippen molar-refractivity contribution in [2.75, 3.05) is 32.1 Å². The van der Waals surface area contributed by atoms with Crippen molar-refractivity contribution in [1.82, 2.24) is 10.2 Å². The van der Waals surface area contributed by atoms with Crippen LogP contribution in [0.25, 0.3) is 0 Å². The molecule has 0 saturated carbocycles. The highest BCUT2D eigenvalue weighted by Gasteiger charge is 2.43. The Morgan fingerprint density at radius 3 is 2.52 bits per heavy atom. The smallest absolute Gasteiger partial charge is 0.233 e. The molecule has 0 spiro atoms. The van der Waals surface area contributed by atoms with Gasteiger partial charge in [0.15, 0.2) is 0 Å². The number of thioether (sulfide) groups is 1. The van der Waals surface area contributed by atoms with Crippen molar-refractivity contribution in [1.29, 1.82) is 0 Å². The van der Waals surface area contributed by atoms with E-state index in [0.29, 0.717) is 0 Å². The molecule has 1 aromatic carbocycles. The second-order valence-corrected chi connectivity index (χ2v) is 6.83. The summed E-state index contributed by atoms with van der Waals surface area (Å²) in [4.78, 5) is 15.2. The Morgan fingerprint density at radius 1 is 1.33 bits per heavy atom. The minimum absolute atomic E-state index is 0.267. The second-order valence-electron chi connectivity index (χ2n) is 5.92. The summed E-state index contributed by atoms with van der Waals surface area (Å²) >= 11 is 1.79. The lowest BCUT2D eigenvalue weighted by Crippen LogP contribution is -2.53. The van der Waals surface area contributed by atoms with Crippen LogP contribution in [0.1, 0.15) is 25.3 Å². The Bertz CT molecular complexity index is 457. The number of carbonyl (C=O) groups is 1. The van der Waals surface area contributed by atoms with Gasteiger partial charge in [0.2, 0.25) is 5.91 Å². The second kappa shape index (κ2) is 7.32. The van der Waals surface area contributed by atoms with Gasteiger partial charge in [-0.15, -0.1) is 0 Å². The molecule has 3 nitrogen and oxygen atoms in total. The van der Waals surface area contributed by atoms with Gasteiger partial charge in [0.1, 0.15) is 0 Å². The number of carbonyl (C=O) groups excluding carboxylic acids is 1. The number of nitrogens with one attached hydrogen (secondary N) is 1. The summed E-state index contributed by atoms with van der Waals surface area (Å²) in [6.07, 6.45) is 3.85. The van der Waals surface area contributed by atoms with Gasteiger partial charge in [-0.05, 0) is 44.7 Å². The van der Waals surface area contributed by atoms with Gasteiger partial charge in [-0.1, -0.05) is 30.3 Å². The molecule has 0 aromatic heterocycles. The highest BCUT2D eigenvalue weighted by atomic mass is 32.2. The van der Waals surface area contributed by atoms with Crippen LogP contribution in [-0.4, -0.2) is 49.0 Å². The molecular formula is C17H26N2OS. The van der Waals surface area contributed by atoms with Crippen molar-refractivity contribution in [3.05, 3.63) is 35.9 Å². The van der Waals surface area contributed by atoms with Crippen LogP contribution in [0.5, 0.6) is 0 Å². The van der Waals surface area contributed by atoms with E-state index in [1.165, 1.54) is 5.56 Å². The maximum absolute atomic E-state index is 13.2. The molecule has 0 bridgehead atoms. The predicted octanol–water partition coefficient (Wildman–Crippen LogP) is 2.52. The summed E-state index contributed by atoms with van der Waals surface area (Å²) < 4.78 is 0. The van der Waals surface area contributed by atoms with Crippen LogP contribution >= 0.6 is 11.8 Å². The minimum Gasteiger partial charge on any atom is -0.341 e. The summed E-state index contributed by atoms with van der Waals surface area (Å²) in [7, 11) is 1.95. The molecule has 4 heteroatoms. The molecule has 1 amide bonds. The maximum atomic E-state index is 13.2. The number of benzene rings is 1. The zero-order valence-electron chi connectivity index (χ0n) is 13.3. The Labute approximate surface area is 132 Å². The van der Waals surface area contributed by atoms with E-state index in [4.69, 9.17) is 0 Å². The number of piperidine rings is 1. The normalized spacial score (nSPS) is 19.0. The molecule has 2 rings (SSSR count). The number of hydrogen-bond acceptors (Lipinski definition) is 3. The maximum Gasteiger partial charge on any atom is 0.233 e. The first-order valence-corrected chi connectivity index (χ1v) is 9.03. The molecule has 0 radical (unpaired) electrons. The van der Waals surface area contributed by atoms with E-state index in [1.54, 1.807) is 11.8 Å². The molecule has 1 aliphatic rings. The number of likely N-dealkylation sites (N-methyl/N-ethyl adjacent to an activating group) is 1. The molecule has 0 aliphatic carbocycles. The first-order valence-electron chi connectivity index (χ1n) is 7.64. The van der Waals surface area contributed by atoms with E-state index in [-0.39, 0.29) is 17.4 Å². The summed E-state index contributed by atoms with van der Waals surface area (Å²) in [5.41, 5.74) is 0.813. The van der Waals surface area contributed by atoms with Gasteiger partial charge in [0.05, 0.1) is 5.41 Å². The van der Waals surface area contributed by atoms with Crippen molar-refractivity contribution in [2.24, 2.45) is 0 Å². The monoisotopic (exact) mass is 306 g/mol. The van der Waals surface area contributed by atoms with Gasteiger partial charge in [-0.25, -0.2) is 0 Å². The molecule has 1 N–H and O–H groups in total. The van der Waals surface area contributed by atoms with Crippen LogP contribution < -0.4 is 5.32 Å². The van der Waals surface area contributed by atoms with Gasteiger partial charge in [0.25, 0.3) is 0 Å². The summed E-state index contributed by atoms with van der Waals surface area (Å²) in [5, 5.41) is 3.38. The topological polar surface area (TPSA) is 32.3 Å². The average molecular weight is 306 g/mol. The fraction of sp³-hybridized carbons (Fsp3) is 0.588. The summed E-state index contributed by atoms with van der Waals surface area (Å²) in [6, 6.07) is 10.6. The minimum atomic E-state index is -0.353. The predicted molar refractivity (Wildman–Crippen MR) is 90.8 cm³/mol. The molecule has 1 fully saturated rings. The zero-order valence-corrected chi connectivity index (χ0v) is 14.1. The number of amides is 1. The zero-order chi connectivity index (χ0) is 15.3. The SMILES string of the molecule is CSCC(C)N(C)C(=O)C1(c2ccccc2)CCNCC1. The standard InChI is InChI=1S/C17H26N2OS/c1-14(13-21-3)19(2)16(20)17(9-11-18-12-10-17)15-7-5-4-6-8-15/h4-8,14,18H,9-13H2,1-3H3. The lowest BCUT2D eigenvalue weighted by atomic mass is 9.72. The van der Waals surface area contributed by atoms with Crippen molar-refractivity contribution in [3.8, 4) is 0 Å². The lowest BCUT2D eigenvalue weighted by molar-refractivity contribution is -0.138. The summed E-state index contributed by atoms with van der Waals surface area (Å²) in [5.74, 6) is 1.25. The van der Waals surface area contributed by atoms with E-state index in [1.807, 2.05) is 30.1 Å². The first kappa shape index (κ1) is 16.4. The van der Waals surface area contributed by atoms with Crippen molar-refractivity contribution in [2.45, 2.75) is 31.2 Å². The van der Waals surface area contributed by atoms with Gasteiger partial charge >= 0.3 is 0 Å². The molecule has 1 unspecified atom stereocenters. The number of rotatable bonds is 5. The third-order valence-electron chi connectivity index (χ3n) is 4.58. The number of hydrogen-bond donors (Lipinski definition) is 1. The van der Waals surface area contributed by atoms with E-state index in [0.717, 1.165) is 31.7 Å². The fourth-order valence-corrected chi connectivity index (χ4v) is 3.83. The van der Waals surface area contributed by atoms with Crippen molar-refractivity contribution >= 4 is 17.7 Å². The van der Waals surface area contributed by atoms with Crippen LogP contribution in [-0.2, 0) is 10.2 Å². The highest BCUT2D eigenvalue weighted by Crippen LogP contribution is 2.35. The van der Waals surface area contributed by atoms with Gasteiger partial charge in [0, 0.05) is 18.8 Å². The Hall–Kier alpha value is -1.00. The average Bonchev–Trinajstić information content (AvgIpc) is 2.55. The van der Waals surface area contributed by atoms with Crippen LogP contribution in [0.4, 0.5) is 0 Å². The largest absolute Gasteiger partial charge is 0.341 e. The quantitative estimate of drug-likeness (QED) is 0.907. The molecular weight excluding hydrogens is 280 g/mol. The lowest BCUT2D eigenvalue weighted by Gasteiger charge is -2.41. The van der Waals surface area contributed by atoms with E-state index < -0.39 is 0 Å². The van der Waals surface area contributed by atoms with Gasteiger partial charge in [-0.3, -0.25) is 4.79 Å². The Balaban J connectivity index is 2.30. The van der Waals surface area contributed by atoms with E-state index >= 15 is 0 Å². The molecule has 1 saturated heterocycles. The third-order valence-corrected chi connectivity index (χ3v) is 5.40. The molecule has 1 aliphatic heterocycles. The van der Waals surface area contributed by atoms with E-state index in [2.05, 4.69) is 30.6 Å². The molecule has 1 atom stereocenters. The fourth-order valence-electron chi connectivity index (χ4n) is 3.13. The van der Waals surface area contributed by atoms with Gasteiger partial charge < -0.3 is 10.2 Å².